The Labute approximate surface area is 124 Å². The van der Waals surface area contributed by atoms with Crippen LogP contribution in [0.25, 0.3) is 0 Å². The van der Waals surface area contributed by atoms with E-state index >= 15 is 0 Å². The Kier molecular flexibility index (Phi) is 5.35. The molecule has 0 saturated heterocycles. The Bertz CT molecular complexity index is 571. The topological polar surface area (TPSA) is 44.8 Å². The second kappa shape index (κ2) is 7.45. The van der Waals surface area contributed by atoms with E-state index in [9.17, 15) is 4.79 Å². The molecule has 2 aromatic rings. The predicted molar refractivity (Wildman–Crippen MR) is 80.0 cm³/mol. The highest BCUT2D eigenvalue weighted by Crippen LogP contribution is 2.22. The van der Waals surface area contributed by atoms with Crippen molar-refractivity contribution in [3.63, 3.8) is 0 Å². The van der Waals surface area contributed by atoms with Gasteiger partial charge in [0.25, 0.3) is 0 Å². The van der Waals surface area contributed by atoms with Gasteiger partial charge in [-0.3, -0.25) is 4.79 Å². The van der Waals surface area contributed by atoms with Crippen molar-refractivity contribution in [3.05, 3.63) is 59.7 Å². The van der Waals surface area contributed by atoms with Crippen LogP contribution in [-0.2, 0) is 11.3 Å². The second-order valence-corrected chi connectivity index (χ2v) is 4.50. The lowest BCUT2D eigenvalue weighted by Crippen LogP contribution is -2.09. The lowest BCUT2D eigenvalue weighted by molar-refractivity contribution is 0.0726. The molecule has 4 heteroatoms. The normalized spacial score (nSPS) is 10.2. The zero-order valence-corrected chi connectivity index (χ0v) is 12.2. The summed E-state index contributed by atoms with van der Waals surface area (Å²) < 4.78 is 15.7. The molecule has 0 fully saturated rings. The third kappa shape index (κ3) is 4.33. The van der Waals surface area contributed by atoms with Crippen LogP contribution in [0.15, 0.2) is 48.5 Å². The van der Waals surface area contributed by atoms with Gasteiger partial charge in [-0.1, -0.05) is 30.3 Å². The first-order chi connectivity index (χ1) is 10.2. The van der Waals surface area contributed by atoms with Crippen LogP contribution in [0, 0.1) is 0 Å². The molecule has 4 nitrogen and oxygen atoms in total. The van der Waals surface area contributed by atoms with Gasteiger partial charge in [0.15, 0.2) is 5.78 Å². The van der Waals surface area contributed by atoms with Crippen LogP contribution in [0.4, 0.5) is 0 Å². The summed E-state index contributed by atoms with van der Waals surface area (Å²) in [5.74, 6) is 1.06. The Morgan fingerprint density at radius 2 is 1.57 bits per heavy atom. The number of Topliss-reactive ketones (excluding diaryl/α,β-unsaturated/α-hetero) is 1. The zero-order valence-electron chi connectivity index (χ0n) is 12.2. The summed E-state index contributed by atoms with van der Waals surface area (Å²) in [6.45, 7) is 0.429. The summed E-state index contributed by atoms with van der Waals surface area (Å²) in [5.41, 5.74) is 1.55. The number of hydrogen-bond donors (Lipinski definition) is 0. The Balaban J connectivity index is 1.97. The van der Waals surface area contributed by atoms with E-state index in [1.165, 1.54) is 0 Å². The number of carbonyl (C=O) groups excluding carboxylic acids is 1. The molecule has 0 aliphatic rings. The lowest BCUT2D eigenvalue weighted by atomic mass is 10.1. The van der Waals surface area contributed by atoms with Gasteiger partial charge in [-0.05, 0) is 17.7 Å². The molecule has 0 atom stereocenters. The number of rotatable bonds is 7. The third-order valence-electron chi connectivity index (χ3n) is 3.02. The number of hydrogen-bond acceptors (Lipinski definition) is 4. The number of ketones is 1. The third-order valence-corrected chi connectivity index (χ3v) is 3.02. The van der Waals surface area contributed by atoms with Crippen molar-refractivity contribution in [2.45, 2.75) is 6.61 Å². The molecular formula is C17H18O4. The fourth-order valence-corrected chi connectivity index (χ4v) is 1.89. The van der Waals surface area contributed by atoms with Crippen molar-refractivity contribution in [2.75, 3.05) is 20.8 Å². The fraction of sp³-hybridized carbons (Fsp3) is 0.235. The first-order valence-corrected chi connectivity index (χ1v) is 6.61. The molecular weight excluding hydrogens is 268 g/mol. The van der Waals surface area contributed by atoms with Gasteiger partial charge >= 0.3 is 0 Å². The summed E-state index contributed by atoms with van der Waals surface area (Å²) in [4.78, 5) is 12.1. The van der Waals surface area contributed by atoms with E-state index < -0.39 is 0 Å². The first kappa shape index (κ1) is 15.1. The van der Waals surface area contributed by atoms with Crippen LogP contribution in [-0.4, -0.2) is 26.6 Å². The van der Waals surface area contributed by atoms with Crippen molar-refractivity contribution < 1.29 is 19.0 Å². The van der Waals surface area contributed by atoms with E-state index in [0.717, 1.165) is 5.56 Å². The molecule has 0 aliphatic carbocycles. The average Bonchev–Trinajstić information content (AvgIpc) is 2.55. The quantitative estimate of drug-likeness (QED) is 0.734. The highest BCUT2D eigenvalue weighted by Gasteiger charge is 2.10. The molecule has 110 valence electrons. The van der Waals surface area contributed by atoms with Crippen LogP contribution in [0.2, 0.25) is 0 Å². The van der Waals surface area contributed by atoms with Gasteiger partial charge in [-0.2, -0.15) is 0 Å². The van der Waals surface area contributed by atoms with Crippen molar-refractivity contribution >= 4 is 5.78 Å². The summed E-state index contributed by atoms with van der Waals surface area (Å²) in [7, 11) is 3.10. The van der Waals surface area contributed by atoms with Crippen molar-refractivity contribution in [1.29, 1.82) is 0 Å². The zero-order chi connectivity index (χ0) is 15.1. The minimum atomic E-state index is -0.108. The van der Waals surface area contributed by atoms with E-state index in [1.807, 2.05) is 30.3 Å². The maximum absolute atomic E-state index is 12.1. The minimum absolute atomic E-state index is 0.0191. The maximum atomic E-state index is 12.1. The minimum Gasteiger partial charge on any atom is -0.497 e. The van der Waals surface area contributed by atoms with E-state index in [0.29, 0.717) is 23.7 Å². The number of carbonyl (C=O) groups is 1. The molecule has 0 N–H and O–H groups in total. The van der Waals surface area contributed by atoms with Gasteiger partial charge < -0.3 is 14.2 Å². The van der Waals surface area contributed by atoms with Gasteiger partial charge in [-0.15, -0.1) is 0 Å². The smallest absolute Gasteiger partial charge is 0.188 e. The van der Waals surface area contributed by atoms with Gasteiger partial charge in [-0.25, -0.2) is 0 Å². The van der Waals surface area contributed by atoms with Crippen LogP contribution in [0.5, 0.6) is 11.5 Å². The molecule has 0 amide bonds. The lowest BCUT2D eigenvalue weighted by Gasteiger charge is -2.08. The number of methoxy groups -OCH3 is 2. The maximum Gasteiger partial charge on any atom is 0.188 e. The monoisotopic (exact) mass is 286 g/mol. The predicted octanol–water partition coefficient (Wildman–Crippen LogP) is 3.10. The number of benzene rings is 2. The van der Waals surface area contributed by atoms with Crippen LogP contribution < -0.4 is 9.47 Å². The number of ether oxygens (including phenoxy) is 3. The molecule has 0 unspecified atom stereocenters. The molecule has 2 rings (SSSR count). The van der Waals surface area contributed by atoms with Gasteiger partial charge in [0, 0.05) is 11.6 Å². The summed E-state index contributed by atoms with van der Waals surface area (Å²) >= 11 is 0. The average molecular weight is 286 g/mol. The molecule has 0 spiro atoms. The van der Waals surface area contributed by atoms with Crippen LogP contribution in [0.1, 0.15) is 15.9 Å². The second-order valence-electron chi connectivity index (χ2n) is 4.50. The molecule has 0 saturated carbocycles. The Hall–Kier alpha value is -2.33. The molecule has 0 heterocycles. The summed E-state index contributed by atoms with van der Waals surface area (Å²) in [5, 5.41) is 0. The highest BCUT2D eigenvalue weighted by molar-refractivity contribution is 5.97. The van der Waals surface area contributed by atoms with E-state index in [1.54, 1.807) is 32.4 Å². The Morgan fingerprint density at radius 3 is 2.14 bits per heavy atom. The molecule has 2 aromatic carbocycles. The van der Waals surface area contributed by atoms with Gasteiger partial charge in [0.1, 0.15) is 18.1 Å². The summed E-state index contributed by atoms with van der Waals surface area (Å²) in [6.07, 6.45) is 0. The standard InChI is InChI=1S/C17H18O4/c1-19-15-8-14(9-16(10-15)20-2)17(18)12-21-11-13-6-4-3-5-7-13/h3-10H,11-12H2,1-2H3. The molecule has 0 aromatic heterocycles. The van der Waals surface area contributed by atoms with Crippen molar-refractivity contribution in [1.82, 2.24) is 0 Å². The van der Waals surface area contributed by atoms with Crippen molar-refractivity contribution in [2.24, 2.45) is 0 Å². The van der Waals surface area contributed by atoms with Gasteiger partial charge in [0.2, 0.25) is 0 Å². The largest absolute Gasteiger partial charge is 0.497 e. The first-order valence-electron chi connectivity index (χ1n) is 6.61. The SMILES string of the molecule is COc1cc(OC)cc(C(=O)COCc2ccccc2)c1. The molecule has 21 heavy (non-hydrogen) atoms. The molecule has 0 aliphatic heterocycles. The van der Waals surface area contributed by atoms with E-state index in [2.05, 4.69) is 0 Å². The van der Waals surface area contributed by atoms with Crippen molar-refractivity contribution in [3.8, 4) is 11.5 Å². The van der Waals surface area contributed by atoms with E-state index in [-0.39, 0.29) is 12.4 Å². The molecule has 0 radical (unpaired) electrons. The fourth-order valence-electron chi connectivity index (χ4n) is 1.89. The highest BCUT2D eigenvalue weighted by atomic mass is 16.5. The molecule has 0 bridgehead atoms. The Morgan fingerprint density at radius 1 is 0.952 bits per heavy atom. The van der Waals surface area contributed by atoms with Crippen LogP contribution >= 0.6 is 0 Å². The van der Waals surface area contributed by atoms with Gasteiger partial charge in [0.05, 0.1) is 20.8 Å². The van der Waals surface area contributed by atoms with E-state index in [4.69, 9.17) is 14.2 Å². The van der Waals surface area contributed by atoms with Crippen LogP contribution in [0.3, 0.4) is 0 Å². The summed E-state index contributed by atoms with van der Waals surface area (Å²) in [6, 6.07) is 14.8.